The maximum atomic E-state index is 14.2. The van der Waals surface area contributed by atoms with Gasteiger partial charge in [-0.1, -0.05) is 0 Å². The van der Waals surface area contributed by atoms with Crippen LogP contribution in [0.4, 0.5) is 16.0 Å². The van der Waals surface area contributed by atoms with Crippen LogP contribution >= 0.6 is 11.6 Å². The Labute approximate surface area is 252 Å². The van der Waals surface area contributed by atoms with Crippen LogP contribution in [0.3, 0.4) is 0 Å². The number of carboxylic acid groups (broad SMARTS) is 2. The minimum Gasteiger partial charge on any atom is -0.477 e. The van der Waals surface area contributed by atoms with Gasteiger partial charge in [-0.3, -0.25) is 19.2 Å². The van der Waals surface area contributed by atoms with Crippen molar-refractivity contribution in [3.63, 3.8) is 0 Å². The molecule has 0 spiro atoms. The largest absolute Gasteiger partial charge is 0.477 e. The zero-order chi connectivity index (χ0) is 31.2. The summed E-state index contributed by atoms with van der Waals surface area (Å²) in [5.41, 5.74) is -2.48. The molecule has 1 aliphatic heterocycles. The highest BCUT2D eigenvalue weighted by atomic mass is 35.5. The average molecular weight is 625 g/mol. The Bertz CT molecular complexity index is 2000. The second-order valence-corrected chi connectivity index (χ2v) is 12.2. The van der Waals surface area contributed by atoms with Crippen LogP contribution < -0.4 is 31.2 Å². The SMILES string of the molecule is O=C1Cc2c(c(=O)c(C(=O)O)c(N3CCN(c4c(C(=O)O)c(=O)c5c(n4C4CC4)=CC(Cl)C(=O)C=5)CC3)n2C2CC2)C=C1F. The molecule has 44 heavy (non-hydrogen) atoms. The molecular formula is C30H26ClFN4O8. The number of pyridine rings is 2. The number of hydrogen-bond donors (Lipinski definition) is 2. The number of carbonyl (C=O) groups is 4. The van der Waals surface area contributed by atoms with Crippen LogP contribution in [-0.2, 0) is 16.0 Å². The predicted octanol–water partition coefficient (Wildman–Crippen LogP) is 0.590. The number of hydrogen-bond acceptors (Lipinski definition) is 8. The Morgan fingerprint density at radius 1 is 0.795 bits per heavy atom. The van der Waals surface area contributed by atoms with Crippen LogP contribution in [0.1, 0.15) is 69.7 Å². The maximum absolute atomic E-state index is 14.2. The van der Waals surface area contributed by atoms with E-state index in [-0.39, 0.29) is 72.8 Å². The van der Waals surface area contributed by atoms with Gasteiger partial charge >= 0.3 is 11.9 Å². The topological polar surface area (TPSA) is 159 Å². The van der Waals surface area contributed by atoms with Gasteiger partial charge in [-0.15, -0.1) is 11.6 Å². The van der Waals surface area contributed by atoms with Crippen LogP contribution in [0.15, 0.2) is 15.4 Å². The molecule has 0 aromatic carbocycles. The molecule has 12 nitrogen and oxygen atoms in total. The van der Waals surface area contributed by atoms with Crippen LogP contribution in [0.5, 0.6) is 0 Å². The van der Waals surface area contributed by atoms with Gasteiger partial charge in [0.1, 0.15) is 28.1 Å². The summed E-state index contributed by atoms with van der Waals surface area (Å²) in [6.07, 6.45) is 5.93. The summed E-state index contributed by atoms with van der Waals surface area (Å²) in [5, 5.41) is 19.7. The molecule has 2 N–H and O–H groups in total. The fourth-order valence-electron chi connectivity index (χ4n) is 6.55. The standard InChI is InChI=1S/C30H26ClFN4O8/c31-17-11-19-16(10-21(17)37)26(40)24(30(43)44)27(35(19)13-1-2-13)33-5-7-34(8-6-33)28-23(29(41)42)25(39)15-9-18(32)22(38)12-20(15)36(28)14-3-4-14/h9-11,13-14,17H,1-8,12H2,(H,41,42)(H,43,44). The van der Waals surface area contributed by atoms with E-state index >= 15 is 0 Å². The highest BCUT2D eigenvalue weighted by molar-refractivity contribution is 6.40. The lowest BCUT2D eigenvalue weighted by molar-refractivity contribution is -0.116. The first-order chi connectivity index (χ1) is 21.0. The molecule has 3 fully saturated rings. The number of fused-ring (bicyclic) bond motifs is 2. The van der Waals surface area contributed by atoms with E-state index in [1.165, 1.54) is 6.08 Å². The summed E-state index contributed by atoms with van der Waals surface area (Å²) in [7, 11) is 0. The van der Waals surface area contributed by atoms with E-state index in [4.69, 9.17) is 11.6 Å². The third-order valence-electron chi connectivity index (χ3n) is 8.84. The molecule has 0 amide bonds. The molecule has 1 saturated heterocycles. The van der Waals surface area contributed by atoms with Crippen molar-refractivity contribution in [2.45, 2.75) is 49.6 Å². The van der Waals surface area contributed by atoms with E-state index in [0.29, 0.717) is 18.2 Å². The number of alkyl halides is 1. The molecule has 1 unspecified atom stereocenters. The van der Waals surface area contributed by atoms with Gasteiger partial charge in [-0.25, -0.2) is 14.0 Å². The van der Waals surface area contributed by atoms with Crippen LogP contribution in [-0.4, -0.2) is 74.4 Å². The number of carbonyl (C=O) groups excluding carboxylic acids is 2. The summed E-state index contributed by atoms with van der Waals surface area (Å²) >= 11 is 6.23. The lowest BCUT2D eigenvalue weighted by Crippen LogP contribution is -2.55. The molecule has 3 heterocycles. The molecule has 2 aromatic rings. The number of allylic oxidation sites excluding steroid dienone is 1. The molecule has 7 rings (SSSR count). The summed E-state index contributed by atoms with van der Waals surface area (Å²) in [4.78, 5) is 80.0. The normalized spacial score (nSPS) is 21.2. The highest BCUT2D eigenvalue weighted by Crippen LogP contribution is 2.43. The molecule has 14 heteroatoms. The van der Waals surface area contributed by atoms with E-state index < -0.39 is 56.7 Å². The zero-order valence-corrected chi connectivity index (χ0v) is 24.0. The summed E-state index contributed by atoms with van der Waals surface area (Å²) < 4.78 is 17.7. The van der Waals surface area contributed by atoms with Gasteiger partial charge in [0, 0.05) is 49.5 Å². The van der Waals surface area contributed by atoms with E-state index in [1.54, 1.807) is 18.9 Å². The summed E-state index contributed by atoms with van der Waals surface area (Å²) in [5.74, 6) is -4.95. The lowest BCUT2D eigenvalue weighted by atomic mass is 9.97. The van der Waals surface area contributed by atoms with Gasteiger partial charge in [0.2, 0.25) is 10.9 Å². The average Bonchev–Trinajstić information content (AvgIpc) is 3.89. The van der Waals surface area contributed by atoms with Crippen molar-refractivity contribution in [3.8, 4) is 0 Å². The van der Waals surface area contributed by atoms with Crippen molar-refractivity contribution in [2.75, 3.05) is 36.0 Å². The van der Waals surface area contributed by atoms with Gasteiger partial charge < -0.3 is 29.1 Å². The smallest absolute Gasteiger partial charge is 0.343 e. The van der Waals surface area contributed by atoms with Crippen molar-refractivity contribution >= 4 is 65.0 Å². The van der Waals surface area contributed by atoms with Crippen LogP contribution in [0, 0.1) is 0 Å². The van der Waals surface area contributed by atoms with Gasteiger partial charge in [0.15, 0.2) is 17.4 Å². The number of halogens is 2. The lowest BCUT2D eigenvalue weighted by Gasteiger charge is -2.40. The monoisotopic (exact) mass is 624 g/mol. The van der Waals surface area contributed by atoms with Crippen molar-refractivity contribution in [1.29, 1.82) is 0 Å². The fraction of sp³-hybridized carbons (Fsp3) is 0.400. The number of Topliss-reactive ketones (excluding diaryl/α,β-unsaturated/α-hetero) is 2. The molecular weight excluding hydrogens is 599 g/mol. The predicted molar refractivity (Wildman–Crippen MR) is 157 cm³/mol. The molecule has 4 aliphatic carbocycles. The first-order valence-corrected chi connectivity index (χ1v) is 14.8. The van der Waals surface area contributed by atoms with Gasteiger partial charge in [0.25, 0.3) is 0 Å². The minimum atomic E-state index is -1.47. The maximum Gasteiger partial charge on any atom is 0.343 e. The third kappa shape index (κ3) is 4.32. The molecule has 228 valence electrons. The van der Waals surface area contributed by atoms with Crippen LogP contribution in [0.25, 0.3) is 18.2 Å². The second-order valence-electron chi connectivity index (χ2n) is 11.7. The van der Waals surface area contributed by atoms with E-state index in [1.807, 2.05) is 0 Å². The van der Waals surface area contributed by atoms with Crippen molar-refractivity contribution in [3.05, 3.63) is 59.2 Å². The number of aromatic carboxylic acids is 2. The number of ketones is 2. The van der Waals surface area contributed by atoms with E-state index in [0.717, 1.165) is 25.0 Å². The number of nitrogens with zero attached hydrogens (tertiary/aromatic N) is 4. The molecule has 1 atom stereocenters. The molecule has 0 bridgehead atoms. The van der Waals surface area contributed by atoms with Gasteiger partial charge in [0.05, 0.1) is 17.0 Å². The summed E-state index contributed by atoms with van der Waals surface area (Å²) in [6.45, 7) is 0.650. The molecule has 2 saturated carbocycles. The van der Waals surface area contributed by atoms with E-state index in [2.05, 4.69) is 0 Å². The van der Waals surface area contributed by atoms with Gasteiger partial charge in [-0.05, 0) is 43.9 Å². The quantitative estimate of drug-likeness (QED) is 0.436. The Hall–Kier alpha value is -4.52. The van der Waals surface area contributed by atoms with Crippen molar-refractivity contribution < 1.29 is 33.8 Å². The van der Waals surface area contributed by atoms with Gasteiger partial charge in [-0.2, -0.15) is 0 Å². The minimum absolute atomic E-state index is 0.00720. The Morgan fingerprint density at radius 3 is 1.86 bits per heavy atom. The number of aromatic nitrogens is 2. The molecule has 0 radical (unpaired) electrons. The fourth-order valence-corrected chi connectivity index (χ4v) is 6.73. The Balaban J connectivity index is 1.34. The Morgan fingerprint density at radius 2 is 1.32 bits per heavy atom. The number of piperazine rings is 1. The van der Waals surface area contributed by atoms with Crippen molar-refractivity contribution in [2.24, 2.45) is 0 Å². The molecule has 5 aliphatic rings. The third-order valence-corrected chi connectivity index (χ3v) is 9.18. The summed E-state index contributed by atoms with van der Waals surface area (Å²) in [6, 6.07) is -0.252. The first kappa shape index (κ1) is 28.3. The number of rotatable bonds is 6. The number of carboxylic acids is 2. The highest BCUT2D eigenvalue weighted by Gasteiger charge is 2.40. The molecule has 2 aromatic heterocycles. The van der Waals surface area contributed by atoms with Crippen molar-refractivity contribution in [1.82, 2.24) is 9.13 Å². The number of anilines is 2. The Kier molecular flexibility index (Phi) is 6.43. The first-order valence-electron chi connectivity index (χ1n) is 14.4. The second kappa shape index (κ2) is 10.0. The van der Waals surface area contributed by atoms with E-state index in [9.17, 15) is 43.4 Å². The van der Waals surface area contributed by atoms with Crippen LogP contribution in [0.2, 0.25) is 0 Å². The zero-order valence-electron chi connectivity index (χ0n) is 23.2.